The second-order valence-corrected chi connectivity index (χ2v) is 8.61. The third-order valence-corrected chi connectivity index (χ3v) is 6.32. The van der Waals surface area contributed by atoms with Gasteiger partial charge in [0.25, 0.3) is 0 Å². The molecule has 0 saturated carbocycles. The molecule has 1 aromatic heterocycles. The monoisotopic (exact) mass is 425 g/mol. The molecule has 0 bridgehead atoms. The number of benzene rings is 1. The molecule has 6 nitrogen and oxygen atoms in total. The first-order valence-corrected chi connectivity index (χ1v) is 11.5. The Balaban J connectivity index is 1.28. The van der Waals surface area contributed by atoms with E-state index in [0.29, 0.717) is 12.5 Å². The average molecular weight is 426 g/mol. The summed E-state index contributed by atoms with van der Waals surface area (Å²) >= 11 is 0. The molecule has 1 atom stereocenters. The maximum Gasteiger partial charge on any atom is 0.225 e. The fraction of sp³-hybridized carbons (Fsp3) is 0.542. The Hall–Kier alpha value is -2.54. The number of hydrogen-bond donors (Lipinski definition) is 1. The molecular formula is C24H32FN5O. The van der Waals surface area contributed by atoms with Crippen molar-refractivity contribution in [1.29, 1.82) is 0 Å². The third kappa shape index (κ3) is 6.00. The van der Waals surface area contributed by atoms with Crippen molar-refractivity contribution < 1.29 is 9.18 Å². The van der Waals surface area contributed by atoms with E-state index in [-0.39, 0.29) is 17.6 Å². The van der Waals surface area contributed by atoms with Gasteiger partial charge in [0.15, 0.2) is 0 Å². The SMILES string of the molecule is O=C(NCCN1CCCCCC1)C1CCCN(c2ncc(-c3ccc(F)cc3)cn2)C1. The molecular weight excluding hydrogens is 393 g/mol. The van der Waals surface area contributed by atoms with Crippen LogP contribution in [0.15, 0.2) is 36.7 Å². The lowest BCUT2D eigenvalue weighted by Crippen LogP contribution is -2.45. The van der Waals surface area contributed by atoms with Gasteiger partial charge in [0.2, 0.25) is 11.9 Å². The molecule has 166 valence electrons. The van der Waals surface area contributed by atoms with Gasteiger partial charge in [-0.15, -0.1) is 0 Å². The van der Waals surface area contributed by atoms with Crippen LogP contribution in [0.4, 0.5) is 10.3 Å². The maximum atomic E-state index is 13.1. The summed E-state index contributed by atoms with van der Waals surface area (Å²) in [6.07, 6.45) is 10.6. The van der Waals surface area contributed by atoms with Crippen molar-refractivity contribution in [3.8, 4) is 11.1 Å². The van der Waals surface area contributed by atoms with Crippen LogP contribution in [0.2, 0.25) is 0 Å². The highest BCUT2D eigenvalue weighted by Gasteiger charge is 2.27. The Bertz CT molecular complexity index is 834. The topological polar surface area (TPSA) is 61.4 Å². The fourth-order valence-corrected chi connectivity index (χ4v) is 4.49. The Morgan fingerprint density at radius 1 is 0.968 bits per heavy atom. The normalized spacial score (nSPS) is 20.3. The zero-order valence-corrected chi connectivity index (χ0v) is 18.1. The second-order valence-electron chi connectivity index (χ2n) is 8.61. The van der Waals surface area contributed by atoms with Crippen LogP contribution in [0.25, 0.3) is 11.1 Å². The van der Waals surface area contributed by atoms with E-state index in [0.717, 1.165) is 56.7 Å². The summed E-state index contributed by atoms with van der Waals surface area (Å²) in [7, 11) is 0. The lowest BCUT2D eigenvalue weighted by atomic mass is 9.97. The van der Waals surface area contributed by atoms with E-state index in [1.165, 1.54) is 37.8 Å². The molecule has 7 heteroatoms. The van der Waals surface area contributed by atoms with Crippen LogP contribution in [0.1, 0.15) is 38.5 Å². The van der Waals surface area contributed by atoms with Crippen LogP contribution < -0.4 is 10.2 Å². The van der Waals surface area contributed by atoms with E-state index < -0.39 is 0 Å². The van der Waals surface area contributed by atoms with E-state index in [4.69, 9.17) is 0 Å². The van der Waals surface area contributed by atoms with E-state index >= 15 is 0 Å². The summed E-state index contributed by atoms with van der Waals surface area (Å²) in [4.78, 5) is 26.3. The van der Waals surface area contributed by atoms with Crippen molar-refractivity contribution in [3.63, 3.8) is 0 Å². The van der Waals surface area contributed by atoms with Crippen molar-refractivity contribution in [2.45, 2.75) is 38.5 Å². The Labute approximate surface area is 183 Å². The highest BCUT2D eigenvalue weighted by Crippen LogP contribution is 2.23. The first kappa shape index (κ1) is 21.7. The van der Waals surface area contributed by atoms with Crippen LogP contribution in [-0.4, -0.2) is 60.0 Å². The van der Waals surface area contributed by atoms with Gasteiger partial charge < -0.3 is 15.1 Å². The van der Waals surface area contributed by atoms with Gasteiger partial charge in [0.1, 0.15) is 5.82 Å². The van der Waals surface area contributed by atoms with E-state index in [1.807, 2.05) is 0 Å². The summed E-state index contributed by atoms with van der Waals surface area (Å²) in [5.41, 5.74) is 1.73. The number of nitrogens with one attached hydrogen (secondary N) is 1. The van der Waals surface area contributed by atoms with Crippen LogP contribution in [-0.2, 0) is 4.79 Å². The van der Waals surface area contributed by atoms with Gasteiger partial charge in [-0.2, -0.15) is 0 Å². The van der Waals surface area contributed by atoms with E-state index in [2.05, 4.69) is 25.1 Å². The predicted octanol–water partition coefficient (Wildman–Crippen LogP) is 3.49. The molecule has 0 aliphatic carbocycles. The Morgan fingerprint density at radius 2 is 1.68 bits per heavy atom. The van der Waals surface area contributed by atoms with Crippen molar-refractivity contribution in [2.24, 2.45) is 5.92 Å². The zero-order valence-electron chi connectivity index (χ0n) is 18.1. The van der Waals surface area contributed by atoms with Crippen molar-refractivity contribution in [2.75, 3.05) is 44.2 Å². The lowest BCUT2D eigenvalue weighted by molar-refractivity contribution is -0.125. The highest BCUT2D eigenvalue weighted by molar-refractivity contribution is 5.79. The molecule has 0 spiro atoms. The van der Waals surface area contributed by atoms with Crippen LogP contribution >= 0.6 is 0 Å². The third-order valence-electron chi connectivity index (χ3n) is 6.32. The number of aromatic nitrogens is 2. The fourth-order valence-electron chi connectivity index (χ4n) is 4.49. The summed E-state index contributed by atoms with van der Waals surface area (Å²) in [6.45, 7) is 5.46. The molecule has 0 radical (unpaired) electrons. The quantitative estimate of drug-likeness (QED) is 0.768. The minimum absolute atomic E-state index is 0.0294. The van der Waals surface area contributed by atoms with Crippen LogP contribution in [0.5, 0.6) is 0 Å². The molecule has 3 heterocycles. The van der Waals surface area contributed by atoms with Crippen molar-refractivity contribution in [3.05, 3.63) is 42.5 Å². The second kappa shape index (κ2) is 10.7. The lowest BCUT2D eigenvalue weighted by Gasteiger charge is -2.32. The van der Waals surface area contributed by atoms with Gasteiger partial charge >= 0.3 is 0 Å². The van der Waals surface area contributed by atoms with Gasteiger partial charge in [-0.25, -0.2) is 14.4 Å². The number of piperidine rings is 1. The molecule has 2 fully saturated rings. The van der Waals surface area contributed by atoms with Gasteiger partial charge in [0.05, 0.1) is 5.92 Å². The molecule has 4 rings (SSSR count). The Kier molecular flexibility index (Phi) is 7.46. The number of nitrogens with zero attached hydrogens (tertiary/aromatic N) is 4. The first-order chi connectivity index (χ1) is 15.2. The van der Waals surface area contributed by atoms with Gasteiger partial charge in [0, 0.05) is 44.1 Å². The average Bonchev–Trinajstić information content (AvgIpc) is 3.09. The maximum absolute atomic E-state index is 13.1. The van der Waals surface area contributed by atoms with Crippen molar-refractivity contribution >= 4 is 11.9 Å². The number of likely N-dealkylation sites (tertiary alicyclic amines) is 1. The molecule has 2 aromatic rings. The summed E-state index contributed by atoms with van der Waals surface area (Å²) in [5.74, 6) is 0.499. The number of carbonyl (C=O) groups is 1. The molecule has 2 saturated heterocycles. The van der Waals surface area contributed by atoms with Gasteiger partial charge in [-0.3, -0.25) is 4.79 Å². The number of anilines is 1. The standard InChI is InChI=1S/C24H32FN5O/c25-22-9-7-19(8-10-22)21-16-27-24(28-17-21)30-14-5-6-20(18-30)23(31)26-11-15-29-12-3-1-2-4-13-29/h7-10,16-17,20H,1-6,11-15,18H2,(H,26,31). The molecule has 1 aromatic carbocycles. The molecule has 1 N–H and O–H groups in total. The largest absolute Gasteiger partial charge is 0.355 e. The van der Waals surface area contributed by atoms with Gasteiger partial charge in [-0.05, 0) is 56.5 Å². The summed E-state index contributed by atoms with van der Waals surface area (Å²) < 4.78 is 13.1. The van der Waals surface area contributed by atoms with Crippen molar-refractivity contribution in [1.82, 2.24) is 20.2 Å². The number of carbonyl (C=O) groups excluding carboxylic acids is 1. The summed E-state index contributed by atoms with van der Waals surface area (Å²) in [5, 5.41) is 3.15. The van der Waals surface area contributed by atoms with Crippen LogP contribution in [0, 0.1) is 11.7 Å². The number of halogens is 1. The van der Waals surface area contributed by atoms with E-state index in [9.17, 15) is 9.18 Å². The number of rotatable bonds is 6. The molecule has 31 heavy (non-hydrogen) atoms. The highest BCUT2D eigenvalue weighted by atomic mass is 19.1. The molecule has 2 aliphatic heterocycles. The smallest absolute Gasteiger partial charge is 0.225 e. The van der Waals surface area contributed by atoms with Gasteiger partial charge in [-0.1, -0.05) is 25.0 Å². The number of hydrogen-bond acceptors (Lipinski definition) is 5. The molecule has 2 aliphatic rings. The Morgan fingerprint density at radius 3 is 2.39 bits per heavy atom. The zero-order chi connectivity index (χ0) is 21.5. The predicted molar refractivity (Wildman–Crippen MR) is 120 cm³/mol. The van der Waals surface area contributed by atoms with E-state index in [1.54, 1.807) is 24.5 Å². The number of amides is 1. The first-order valence-electron chi connectivity index (χ1n) is 11.5. The summed E-state index contributed by atoms with van der Waals surface area (Å²) in [6, 6.07) is 6.31. The molecule has 1 amide bonds. The molecule has 1 unspecified atom stereocenters. The van der Waals surface area contributed by atoms with Crippen LogP contribution in [0.3, 0.4) is 0 Å². The minimum Gasteiger partial charge on any atom is -0.355 e. The minimum atomic E-state index is -0.259.